The SMILES string of the molecule is Cc1ccc2ccc[c]([GaH2])c2n1.Cl. The van der Waals surface area contributed by atoms with E-state index in [2.05, 4.69) is 35.3 Å². The third kappa shape index (κ3) is 2.07. The van der Waals surface area contributed by atoms with E-state index in [4.69, 9.17) is 0 Å². The maximum Gasteiger partial charge on any atom is -0.147 e. The van der Waals surface area contributed by atoms with E-state index in [9.17, 15) is 0 Å². The first kappa shape index (κ1) is 10.6. The van der Waals surface area contributed by atoms with Gasteiger partial charge in [-0.05, 0) is 0 Å². The van der Waals surface area contributed by atoms with Gasteiger partial charge in [-0.2, -0.15) is 0 Å². The molecule has 1 aromatic heterocycles. The van der Waals surface area contributed by atoms with E-state index < -0.39 is 0 Å². The standard InChI is InChI=1S/C10H8N.ClH.Ga.2H/c1-8-6-7-9-4-2-3-5-10(9)11-8;;;;/h2-4,6-7H,1H3;1H;;;. The molecule has 0 saturated carbocycles. The molecule has 0 fully saturated rings. The van der Waals surface area contributed by atoms with Crippen LogP contribution >= 0.6 is 12.4 Å². The molecule has 3 heteroatoms. The van der Waals surface area contributed by atoms with Gasteiger partial charge < -0.3 is 0 Å². The Balaban J connectivity index is 0.000000845. The van der Waals surface area contributed by atoms with Crippen LogP contribution in [0.4, 0.5) is 0 Å². The van der Waals surface area contributed by atoms with Gasteiger partial charge in [0.15, 0.2) is 0 Å². The Morgan fingerprint density at radius 1 is 1.15 bits per heavy atom. The van der Waals surface area contributed by atoms with Crippen molar-refractivity contribution in [1.29, 1.82) is 0 Å². The minimum Gasteiger partial charge on any atom is -0.147 e. The normalized spacial score (nSPS) is 9.62. The topological polar surface area (TPSA) is 12.9 Å². The first-order chi connectivity index (χ1) is 5.77. The smallest absolute Gasteiger partial charge is 0.147 e. The van der Waals surface area contributed by atoms with Crippen LogP contribution in [0.1, 0.15) is 5.69 Å². The Hall–Kier alpha value is -0.444. The molecular formula is C10H11ClGaN. The number of hydrogen-bond donors (Lipinski definition) is 0. The number of rotatable bonds is 0. The van der Waals surface area contributed by atoms with E-state index in [1.54, 1.807) is 0 Å². The fourth-order valence-corrected chi connectivity index (χ4v) is 2.64. The number of benzene rings is 1. The average Bonchev–Trinajstić information content (AvgIpc) is 2.07. The number of aromatic nitrogens is 1. The molecule has 1 heterocycles. The second-order valence-corrected chi connectivity index (χ2v) is 5.36. The molecule has 0 saturated heterocycles. The van der Waals surface area contributed by atoms with E-state index >= 15 is 0 Å². The van der Waals surface area contributed by atoms with Crippen molar-refractivity contribution in [3.05, 3.63) is 36.0 Å². The summed E-state index contributed by atoms with van der Waals surface area (Å²) in [5, 5.41) is 1.27. The molecule has 1 nitrogen and oxygen atoms in total. The molecule has 0 aliphatic rings. The van der Waals surface area contributed by atoms with Crippen molar-refractivity contribution < 1.29 is 0 Å². The summed E-state index contributed by atoms with van der Waals surface area (Å²) in [5.74, 6) is 0. The number of hydrogen-bond acceptors (Lipinski definition) is 1. The molecular weight excluding hydrogens is 239 g/mol. The predicted molar refractivity (Wildman–Crippen MR) is 61.9 cm³/mol. The van der Waals surface area contributed by atoms with Crippen molar-refractivity contribution >= 4 is 46.0 Å². The number of fused-ring (bicyclic) bond motifs is 1. The summed E-state index contributed by atoms with van der Waals surface area (Å²) >= 11 is 0.716. The Morgan fingerprint density at radius 3 is 2.69 bits per heavy atom. The van der Waals surface area contributed by atoms with E-state index in [1.165, 1.54) is 15.0 Å². The number of pyridine rings is 1. The van der Waals surface area contributed by atoms with Gasteiger partial charge in [0.1, 0.15) is 0 Å². The van der Waals surface area contributed by atoms with Crippen LogP contribution in [0.15, 0.2) is 30.3 Å². The zero-order chi connectivity index (χ0) is 8.55. The van der Waals surface area contributed by atoms with Crippen molar-refractivity contribution in [2.45, 2.75) is 6.92 Å². The van der Waals surface area contributed by atoms with Crippen LogP contribution in [0.3, 0.4) is 0 Å². The Bertz CT molecular complexity index is 428. The van der Waals surface area contributed by atoms with Crippen LogP contribution in [-0.2, 0) is 0 Å². The van der Waals surface area contributed by atoms with E-state index in [0.717, 1.165) is 5.69 Å². The van der Waals surface area contributed by atoms with E-state index in [-0.39, 0.29) is 12.4 Å². The van der Waals surface area contributed by atoms with Crippen LogP contribution in [-0.4, -0.2) is 23.6 Å². The predicted octanol–water partition coefficient (Wildman–Crippen LogP) is 1.22. The summed E-state index contributed by atoms with van der Waals surface area (Å²) < 4.78 is 1.43. The van der Waals surface area contributed by atoms with Gasteiger partial charge in [0.25, 0.3) is 0 Å². The van der Waals surface area contributed by atoms with Crippen molar-refractivity contribution in [2.75, 3.05) is 0 Å². The molecule has 0 spiro atoms. The van der Waals surface area contributed by atoms with Crippen molar-refractivity contribution in [1.82, 2.24) is 4.98 Å². The molecule has 0 aliphatic carbocycles. The van der Waals surface area contributed by atoms with Gasteiger partial charge in [-0.3, -0.25) is 0 Å². The van der Waals surface area contributed by atoms with Crippen molar-refractivity contribution in [2.24, 2.45) is 0 Å². The maximum absolute atomic E-state index is 4.52. The molecule has 0 atom stereocenters. The van der Waals surface area contributed by atoms with Crippen molar-refractivity contribution in [3.8, 4) is 0 Å². The van der Waals surface area contributed by atoms with Crippen LogP contribution in [0.25, 0.3) is 10.9 Å². The summed E-state index contributed by atoms with van der Waals surface area (Å²) in [5.41, 5.74) is 2.32. The Morgan fingerprint density at radius 2 is 1.92 bits per heavy atom. The molecule has 0 N–H and O–H groups in total. The summed E-state index contributed by atoms with van der Waals surface area (Å²) in [7, 11) is 0. The molecule has 0 amide bonds. The number of para-hydroxylation sites is 1. The monoisotopic (exact) mass is 249 g/mol. The molecule has 1 aromatic carbocycles. The average molecular weight is 250 g/mol. The third-order valence-corrected chi connectivity index (χ3v) is 3.75. The summed E-state index contributed by atoms with van der Waals surface area (Å²) in [6.45, 7) is 2.04. The van der Waals surface area contributed by atoms with E-state index in [0.29, 0.717) is 18.6 Å². The molecule has 2 rings (SSSR count). The van der Waals surface area contributed by atoms with Gasteiger partial charge in [0.05, 0.1) is 0 Å². The molecule has 0 unspecified atom stereocenters. The molecule has 0 radical (unpaired) electrons. The van der Waals surface area contributed by atoms with Gasteiger partial charge >= 0.3 is 81.6 Å². The van der Waals surface area contributed by atoms with Crippen LogP contribution in [0.2, 0.25) is 0 Å². The van der Waals surface area contributed by atoms with Gasteiger partial charge in [-0.1, -0.05) is 0 Å². The number of aryl methyl sites for hydroxylation is 1. The number of nitrogens with zero attached hydrogens (tertiary/aromatic N) is 1. The first-order valence-electron chi connectivity index (χ1n) is 4.10. The summed E-state index contributed by atoms with van der Waals surface area (Å²) in [6.07, 6.45) is 0. The molecule has 2 aromatic rings. The quantitative estimate of drug-likeness (QED) is 0.641. The van der Waals surface area contributed by atoms with Crippen LogP contribution in [0, 0.1) is 6.92 Å². The van der Waals surface area contributed by atoms with Crippen LogP contribution in [0.5, 0.6) is 0 Å². The zero-order valence-corrected chi connectivity index (χ0v) is 12.8. The molecule has 13 heavy (non-hydrogen) atoms. The summed E-state index contributed by atoms with van der Waals surface area (Å²) in [4.78, 5) is 4.52. The van der Waals surface area contributed by atoms with Gasteiger partial charge in [0, 0.05) is 0 Å². The van der Waals surface area contributed by atoms with Gasteiger partial charge in [-0.25, -0.2) is 0 Å². The third-order valence-electron chi connectivity index (χ3n) is 2.06. The van der Waals surface area contributed by atoms with Crippen LogP contribution < -0.4 is 4.12 Å². The minimum absolute atomic E-state index is 0. The maximum atomic E-state index is 4.52. The second kappa shape index (κ2) is 4.18. The largest absolute Gasteiger partial charge is 0.147 e. The second-order valence-electron chi connectivity index (χ2n) is 3.10. The zero-order valence-electron chi connectivity index (χ0n) is 7.74. The molecule has 0 bridgehead atoms. The van der Waals surface area contributed by atoms with Crippen molar-refractivity contribution in [3.63, 3.8) is 0 Å². The van der Waals surface area contributed by atoms with E-state index in [1.807, 2.05) is 6.92 Å². The summed E-state index contributed by atoms with van der Waals surface area (Å²) in [6, 6.07) is 10.6. The van der Waals surface area contributed by atoms with Gasteiger partial charge in [0.2, 0.25) is 0 Å². The Labute approximate surface area is 93.9 Å². The fourth-order valence-electron chi connectivity index (χ4n) is 1.39. The first-order valence-corrected chi connectivity index (χ1v) is 6.20. The fraction of sp³-hybridized carbons (Fsp3) is 0.100. The number of halogens is 1. The molecule has 0 aliphatic heterocycles. The minimum atomic E-state index is 0. The Kier molecular flexibility index (Phi) is 3.42. The molecule has 66 valence electrons. The van der Waals surface area contributed by atoms with Gasteiger partial charge in [-0.15, -0.1) is 12.4 Å².